The van der Waals surface area contributed by atoms with Crippen LogP contribution in [0, 0.1) is 0 Å². The summed E-state index contributed by atoms with van der Waals surface area (Å²) in [6.07, 6.45) is -7.21. The number of hydrogen-bond donors (Lipinski definition) is 1. The second kappa shape index (κ2) is 12.3. The quantitative estimate of drug-likeness (QED) is 0.304. The number of ether oxygens (including phenoxy) is 5. The summed E-state index contributed by atoms with van der Waals surface area (Å²) in [5.41, 5.74) is 0. The van der Waals surface area contributed by atoms with Crippen LogP contribution in [0.3, 0.4) is 0 Å². The van der Waals surface area contributed by atoms with Gasteiger partial charge in [-0.2, -0.15) is 0 Å². The zero-order valence-electron chi connectivity index (χ0n) is 17.4. The average molecular weight is 440 g/mol. The van der Waals surface area contributed by atoms with Crippen molar-refractivity contribution in [1.29, 1.82) is 0 Å². The molecule has 0 heterocycles. The number of para-hydroxylation sites is 1. The van der Waals surface area contributed by atoms with E-state index in [0.717, 1.165) is 27.7 Å². The molecule has 4 atom stereocenters. The molecule has 1 aromatic rings. The lowest BCUT2D eigenvalue weighted by atomic mass is 10.0. The summed E-state index contributed by atoms with van der Waals surface area (Å²) in [6, 6.07) is 7.73. The van der Waals surface area contributed by atoms with Gasteiger partial charge in [-0.05, 0) is 12.1 Å². The van der Waals surface area contributed by atoms with Gasteiger partial charge in [0.2, 0.25) is 6.10 Å². The van der Waals surface area contributed by atoms with Crippen LogP contribution >= 0.6 is 0 Å². The van der Waals surface area contributed by atoms with Crippen LogP contribution < -0.4 is 4.74 Å². The maximum Gasteiger partial charge on any atom is 0.356 e. The predicted octanol–water partition coefficient (Wildman–Crippen LogP) is 0.311. The Kier molecular flexibility index (Phi) is 10.1. The Labute approximate surface area is 178 Å². The second-order valence-electron chi connectivity index (χ2n) is 6.28. The largest absolute Gasteiger partial charge is 0.463 e. The smallest absolute Gasteiger partial charge is 0.356 e. The van der Waals surface area contributed by atoms with E-state index in [2.05, 4.69) is 0 Å². The van der Waals surface area contributed by atoms with Crippen molar-refractivity contribution in [2.45, 2.75) is 52.1 Å². The SMILES string of the molecule is CC(=O)OC[C@@H](O)[C@@H](OC(C)=O)[C@H](OC(C)=O)[C@@H](OC(C)=O)C(=O)Oc1ccccc1. The highest BCUT2D eigenvalue weighted by atomic mass is 16.6. The number of hydrogen-bond acceptors (Lipinski definition) is 11. The maximum absolute atomic E-state index is 12.8. The first-order valence-electron chi connectivity index (χ1n) is 9.11. The van der Waals surface area contributed by atoms with Crippen molar-refractivity contribution >= 4 is 29.8 Å². The van der Waals surface area contributed by atoms with Crippen LogP contribution in [0.15, 0.2) is 30.3 Å². The van der Waals surface area contributed by atoms with Gasteiger partial charge >= 0.3 is 29.8 Å². The molecule has 0 aliphatic heterocycles. The molecule has 0 radical (unpaired) electrons. The number of rotatable bonds is 10. The maximum atomic E-state index is 12.8. The minimum absolute atomic E-state index is 0.0933. The van der Waals surface area contributed by atoms with Crippen molar-refractivity contribution in [3.63, 3.8) is 0 Å². The van der Waals surface area contributed by atoms with E-state index < -0.39 is 60.9 Å². The number of aliphatic hydroxyl groups excluding tert-OH is 1. The van der Waals surface area contributed by atoms with Crippen LogP contribution in [0.25, 0.3) is 0 Å². The van der Waals surface area contributed by atoms with Gasteiger partial charge in [-0.15, -0.1) is 0 Å². The Morgan fingerprint density at radius 2 is 1.29 bits per heavy atom. The van der Waals surface area contributed by atoms with Gasteiger partial charge in [-0.25, -0.2) is 4.79 Å². The molecule has 31 heavy (non-hydrogen) atoms. The minimum atomic E-state index is -1.92. The first-order chi connectivity index (χ1) is 14.5. The Morgan fingerprint density at radius 3 is 1.77 bits per heavy atom. The van der Waals surface area contributed by atoms with Crippen LogP contribution in [0.5, 0.6) is 5.75 Å². The van der Waals surface area contributed by atoms with E-state index in [0.29, 0.717) is 0 Å². The van der Waals surface area contributed by atoms with Crippen LogP contribution in [0.2, 0.25) is 0 Å². The zero-order valence-corrected chi connectivity index (χ0v) is 17.4. The fourth-order valence-corrected chi connectivity index (χ4v) is 2.44. The van der Waals surface area contributed by atoms with Crippen molar-refractivity contribution in [2.24, 2.45) is 0 Å². The third-order valence-corrected chi connectivity index (χ3v) is 3.55. The van der Waals surface area contributed by atoms with E-state index >= 15 is 0 Å². The molecule has 0 spiro atoms. The third kappa shape index (κ3) is 9.26. The molecule has 11 heteroatoms. The van der Waals surface area contributed by atoms with Crippen molar-refractivity contribution in [1.82, 2.24) is 0 Å². The normalized spacial score (nSPS) is 14.2. The number of aliphatic hydroxyl groups is 1. The monoisotopic (exact) mass is 440 g/mol. The summed E-state index contributed by atoms with van der Waals surface area (Å²) in [4.78, 5) is 58.7. The first kappa shape index (κ1) is 25.6. The molecule has 0 fully saturated rings. The summed E-state index contributed by atoms with van der Waals surface area (Å²) in [5, 5.41) is 10.4. The lowest BCUT2D eigenvalue weighted by Crippen LogP contribution is -2.55. The lowest BCUT2D eigenvalue weighted by Gasteiger charge is -2.32. The van der Waals surface area contributed by atoms with Crippen LogP contribution in [-0.4, -0.2) is 66.0 Å². The average Bonchev–Trinajstić information content (AvgIpc) is 2.67. The highest BCUT2D eigenvalue weighted by molar-refractivity contribution is 5.82. The fraction of sp³-hybridized carbons (Fsp3) is 0.450. The number of esters is 5. The topological polar surface area (TPSA) is 152 Å². The first-order valence-corrected chi connectivity index (χ1v) is 9.11. The number of carbonyl (C=O) groups is 5. The van der Waals surface area contributed by atoms with Gasteiger partial charge in [0.1, 0.15) is 18.5 Å². The molecule has 0 bridgehead atoms. The van der Waals surface area contributed by atoms with E-state index in [1.54, 1.807) is 18.2 Å². The molecule has 0 aliphatic carbocycles. The van der Waals surface area contributed by atoms with E-state index in [1.165, 1.54) is 12.1 Å². The molecule has 0 unspecified atom stereocenters. The summed E-state index contributed by atoms with van der Waals surface area (Å²) < 4.78 is 24.9. The van der Waals surface area contributed by atoms with Crippen molar-refractivity contribution in [3.05, 3.63) is 30.3 Å². The van der Waals surface area contributed by atoms with Gasteiger partial charge in [0.05, 0.1) is 0 Å². The molecule has 1 aromatic carbocycles. The van der Waals surface area contributed by atoms with E-state index in [4.69, 9.17) is 23.7 Å². The lowest BCUT2D eigenvalue weighted by molar-refractivity contribution is -0.201. The summed E-state index contributed by atoms with van der Waals surface area (Å²) in [7, 11) is 0. The van der Waals surface area contributed by atoms with Crippen molar-refractivity contribution < 1.29 is 52.8 Å². The van der Waals surface area contributed by atoms with Gasteiger partial charge in [0.25, 0.3) is 0 Å². The Hall–Kier alpha value is -3.47. The molecule has 0 aromatic heterocycles. The molecule has 0 saturated carbocycles. The fourth-order valence-electron chi connectivity index (χ4n) is 2.44. The molecular formula is C20H24O11. The van der Waals surface area contributed by atoms with Gasteiger partial charge in [0, 0.05) is 27.7 Å². The number of carbonyl (C=O) groups excluding carboxylic acids is 5. The number of benzene rings is 1. The highest BCUT2D eigenvalue weighted by Crippen LogP contribution is 2.20. The zero-order chi connectivity index (χ0) is 23.6. The molecule has 1 rings (SSSR count). The predicted molar refractivity (Wildman–Crippen MR) is 101 cm³/mol. The molecule has 1 N–H and O–H groups in total. The summed E-state index contributed by atoms with van der Waals surface area (Å²) in [5.74, 6) is -4.61. The van der Waals surface area contributed by atoms with Gasteiger partial charge in [-0.1, -0.05) is 18.2 Å². The summed E-state index contributed by atoms with van der Waals surface area (Å²) in [6.45, 7) is 3.40. The molecule has 0 saturated heterocycles. The molecule has 170 valence electrons. The Balaban J connectivity index is 3.32. The van der Waals surface area contributed by atoms with Gasteiger partial charge < -0.3 is 28.8 Å². The van der Waals surface area contributed by atoms with Crippen molar-refractivity contribution in [2.75, 3.05) is 6.61 Å². The Morgan fingerprint density at radius 1 is 0.774 bits per heavy atom. The molecule has 0 aliphatic rings. The molecule has 11 nitrogen and oxygen atoms in total. The van der Waals surface area contributed by atoms with Gasteiger partial charge in [-0.3, -0.25) is 19.2 Å². The molecular weight excluding hydrogens is 416 g/mol. The second-order valence-corrected chi connectivity index (χ2v) is 6.28. The highest BCUT2D eigenvalue weighted by Gasteiger charge is 2.46. The van der Waals surface area contributed by atoms with Crippen LogP contribution in [-0.2, 0) is 42.9 Å². The van der Waals surface area contributed by atoms with E-state index in [9.17, 15) is 29.1 Å². The summed E-state index contributed by atoms with van der Waals surface area (Å²) >= 11 is 0. The molecule has 0 amide bonds. The minimum Gasteiger partial charge on any atom is -0.463 e. The van der Waals surface area contributed by atoms with Crippen molar-refractivity contribution in [3.8, 4) is 5.75 Å². The van der Waals surface area contributed by atoms with E-state index in [-0.39, 0.29) is 5.75 Å². The van der Waals surface area contributed by atoms with Crippen LogP contribution in [0.4, 0.5) is 0 Å². The standard InChI is InChI=1S/C20H24O11/c1-11(21)27-10-16(25)17(28-12(2)22)18(29-13(3)23)19(30-14(4)24)20(26)31-15-8-6-5-7-9-15/h5-9,16-19,25H,10H2,1-4H3/t16-,17-,18+,19-/m1/s1. The van der Waals surface area contributed by atoms with E-state index in [1.807, 2.05) is 0 Å². The third-order valence-electron chi connectivity index (χ3n) is 3.55. The Bertz CT molecular complexity index is 790. The van der Waals surface area contributed by atoms with Crippen LogP contribution in [0.1, 0.15) is 27.7 Å². The van der Waals surface area contributed by atoms with Gasteiger partial charge in [0.15, 0.2) is 12.2 Å².